The highest BCUT2D eigenvalue weighted by atomic mass is 16.6. The molecule has 1 heterocycles. The Morgan fingerprint density at radius 1 is 1.35 bits per heavy atom. The number of rotatable bonds is 2. The van der Waals surface area contributed by atoms with Gasteiger partial charge in [0.15, 0.2) is 0 Å². The lowest BCUT2D eigenvalue weighted by molar-refractivity contribution is -0.135. The van der Waals surface area contributed by atoms with Gasteiger partial charge in [-0.1, -0.05) is 45.4 Å². The highest BCUT2D eigenvalue weighted by Crippen LogP contribution is 2.61. The Kier molecular flexibility index (Phi) is 4.20. The number of carbonyl (C=O) groups is 1. The molecule has 1 N–H and O–H groups in total. The number of aliphatic hydroxyl groups is 1. The first kappa shape index (κ1) is 16.8. The summed E-state index contributed by atoms with van der Waals surface area (Å²) in [5.74, 6) is 0.747. The van der Waals surface area contributed by atoms with Gasteiger partial charge >= 0.3 is 5.97 Å². The standard InChI is InChI=1S/C20H30O3/c1-13-6-9-17-19(2,3)10-5-11-20(17,4)15(13)8-7-14-16(21)12-23-18(14)22/h7,15-17,21H,1,5-6,8-12H2,2-4H3/b14-7+/t15-,16+,17-,20+/m0/s1. The zero-order valence-corrected chi connectivity index (χ0v) is 14.7. The Bertz CT molecular complexity index is 545. The van der Waals surface area contributed by atoms with Crippen LogP contribution in [0, 0.1) is 22.7 Å². The minimum absolute atomic E-state index is 0.100. The van der Waals surface area contributed by atoms with Crippen molar-refractivity contribution in [2.45, 2.75) is 65.4 Å². The Morgan fingerprint density at radius 3 is 2.74 bits per heavy atom. The van der Waals surface area contributed by atoms with Crippen LogP contribution in [-0.4, -0.2) is 23.8 Å². The molecular weight excluding hydrogens is 288 g/mol. The van der Waals surface area contributed by atoms with Crippen LogP contribution in [0.4, 0.5) is 0 Å². The van der Waals surface area contributed by atoms with Gasteiger partial charge < -0.3 is 9.84 Å². The fraction of sp³-hybridized carbons (Fsp3) is 0.750. The first-order valence-electron chi connectivity index (χ1n) is 8.98. The number of aliphatic hydroxyl groups excluding tert-OH is 1. The molecule has 0 spiro atoms. The molecule has 1 aliphatic heterocycles. The number of hydrogen-bond donors (Lipinski definition) is 1. The fourth-order valence-electron chi connectivity index (χ4n) is 5.64. The first-order chi connectivity index (χ1) is 10.8. The Balaban J connectivity index is 1.86. The third kappa shape index (κ3) is 2.77. The maximum absolute atomic E-state index is 11.7. The quantitative estimate of drug-likeness (QED) is 0.475. The summed E-state index contributed by atoms with van der Waals surface area (Å²) in [6.07, 6.45) is 8.09. The van der Waals surface area contributed by atoms with Crippen LogP contribution < -0.4 is 0 Å². The van der Waals surface area contributed by atoms with E-state index < -0.39 is 6.10 Å². The predicted octanol–water partition coefficient (Wildman–Crippen LogP) is 4.02. The van der Waals surface area contributed by atoms with E-state index in [1.807, 2.05) is 6.08 Å². The second kappa shape index (κ2) is 5.77. The highest BCUT2D eigenvalue weighted by Gasteiger charge is 2.52. The van der Waals surface area contributed by atoms with Crippen LogP contribution in [0.15, 0.2) is 23.8 Å². The monoisotopic (exact) mass is 318 g/mol. The van der Waals surface area contributed by atoms with Gasteiger partial charge in [0.05, 0.1) is 5.57 Å². The van der Waals surface area contributed by atoms with Gasteiger partial charge in [0, 0.05) is 0 Å². The van der Waals surface area contributed by atoms with Crippen LogP contribution in [-0.2, 0) is 9.53 Å². The topological polar surface area (TPSA) is 46.5 Å². The zero-order chi connectivity index (χ0) is 16.8. The van der Waals surface area contributed by atoms with Crippen LogP contribution in [0.1, 0.15) is 59.3 Å². The van der Waals surface area contributed by atoms with Crippen molar-refractivity contribution in [3.63, 3.8) is 0 Å². The second-order valence-electron chi connectivity index (χ2n) is 8.66. The van der Waals surface area contributed by atoms with E-state index in [1.165, 1.54) is 31.3 Å². The molecule has 2 saturated carbocycles. The first-order valence-corrected chi connectivity index (χ1v) is 8.98. The number of fused-ring (bicyclic) bond motifs is 1. The van der Waals surface area contributed by atoms with E-state index in [0.717, 1.165) is 12.8 Å². The van der Waals surface area contributed by atoms with Gasteiger partial charge in [-0.05, 0) is 54.8 Å². The van der Waals surface area contributed by atoms with E-state index in [1.54, 1.807) is 0 Å². The molecule has 3 aliphatic rings. The van der Waals surface area contributed by atoms with Crippen molar-refractivity contribution in [2.75, 3.05) is 6.61 Å². The average molecular weight is 318 g/mol. The van der Waals surface area contributed by atoms with Crippen molar-refractivity contribution < 1.29 is 14.6 Å². The fourth-order valence-corrected chi connectivity index (χ4v) is 5.64. The molecule has 0 radical (unpaired) electrons. The van der Waals surface area contributed by atoms with Gasteiger partial charge in [-0.3, -0.25) is 0 Å². The van der Waals surface area contributed by atoms with Gasteiger partial charge in [-0.2, -0.15) is 0 Å². The summed E-state index contributed by atoms with van der Waals surface area (Å²) in [5, 5.41) is 9.90. The van der Waals surface area contributed by atoms with E-state index in [2.05, 4.69) is 27.4 Å². The van der Waals surface area contributed by atoms with Crippen LogP contribution >= 0.6 is 0 Å². The van der Waals surface area contributed by atoms with Crippen molar-refractivity contribution in [1.82, 2.24) is 0 Å². The second-order valence-corrected chi connectivity index (χ2v) is 8.66. The van der Waals surface area contributed by atoms with Crippen LogP contribution in [0.5, 0.6) is 0 Å². The summed E-state index contributed by atoms with van der Waals surface area (Å²) >= 11 is 0. The SMILES string of the molecule is C=C1CC[C@H]2C(C)(C)CCC[C@]2(C)[C@H]1C/C=C1/C(=O)OC[C@H]1O. The number of esters is 1. The minimum Gasteiger partial charge on any atom is -0.459 e. The minimum atomic E-state index is -0.759. The summed E-state index contributed by atoms with van der Waals surface area (Å²) in [5.41, 5.74) is 2.39. The molecule has 4 atom stereocenters. The molecule has 3 rings (SSSR count). The molecule has 23 heavy (non-hydrogen) atoms. The van der Waals surface area contributed by atoms with Gasteiger partial charge in [-0.25, -0.2) is 4.79 Å². The molecule has 3 nitrogen and oxygen atoms in total. The summed E-state index contributed by atoms with van der Waals surface area (Å²) < 4.78 is 4.93. The van der Waals surface area contributed by atoms with Crippen molar-refractivity contribution in [2.24, 2.45) is 22.7 Å². The van der Waals surface area contributed by atoms with Crippen molar-refractivity contribution in [3.8, 4) is 0 Å². The molecule has 1 saturated heterocycles. The highest BCUT2D eigenvalue weighted by molar-refractivity contribution is 5.91. The van der Waals surface area contributed by atoms with Crippen LogP contribution in [0.2, 0.25) is 0 Å². The summed E-state index contributed by atoms with van der Waals surface area (Å²) in [6, 6.07) is 0. The Hall–Kier alpha value is -1.09. The number of allylic oxidation sites excluding steroid dienone is 2. The van der Waals surface area contributed by atoms with E-state index in [4.69, 9.17) is 4.74 Å². The summed E-state index contributed by atoms with van der Waals surface area (Å²) in [4.78, 5) is 11.7. The average Bonchev–Trinajstić information content (AvgIpc) is 2.77. The number of ether oxygens (including phenoxy) is 1. The van der Waals surface area contributed by atoms with Crippen molar-refractivity contribution in [3.05, 3.63) is 23.8 Å². The van der Waals surface area contributed by atoms with Crippen molar-refractivity contribution >= 4 is 5.97 Å². The smallest absolute Gasteiger partial charge is 0.336 e. The summed E-state index contributed by atoms with van der Waals surface area (Å²) in [6.45, 7) is 11.7. The largest absolute Gasteiger partial charge is 0.459 e. The normalized spacial score (nSPS) is 41.7. The number of hydrogen-bond acceptors (Lipinski definition) is 3. The lowest BCUT2D eigenvalue weighted by Gasteiger charge is -2.58. The molecule has 0 aromatic rings. The third-order valence-electron chi connectivity index (χ3n) is 6.86. The van der Waals surface area contributed by atoms with Gasteiger partial charge in [0.25, 0.3) is 0 Å². The molecule has 3 fully saturated rings. The Morgan fingerprint density at radius 2 is 2.09 bits per heavy atom. The molecule has 0 aromatic carbocycles. The third-order valence-corrected chi connectivity index (χ3v) is 6.86. The molecule has 0 amide bonds. The number of cyclic esters (lactones) is 1. The van der Waals surface area contributed by atoms with Crippen molar-refractivity contribution in [1.29, 1.82) is 0 Å². The lowest BCUT2D eigenvalue weighted by atomic mass is 9.47. The van der Waals surface area contributed by atoms with Gasteiger partial charge in [0.1, 0.15) is 12.7 Å². The van der Waals surface area contributed by atoms with E-state index in [-0.39, 0.29) is 18.0 Å². The van der Waals surface area contributed by atoms with Gasteiger partial charge in [-0.15, -0.1) is 0 Å². The molecule has 128 valence electrons. The van der Waals surface area contributed by atoms with E-state index in [0.29, 0.717) is 22.8 Å². The molecule has 0 aromatic heterocycles. The Labute approximate surface area is 139 Å². The van der Waals surface area contributed by atoms with E-state index in [9.17, 15) is 9.90 Å². The lowest BCUT2D eigenvalue weighted by Crippen LogP contribution is -2.49. The number of carbonyl (C=O) groups excluding carboxylic acids is 1. The maximum atomic E-state index is 11.7. The molecular formula is C20H30O3. The summed E-state index contributed by atoms with van der Waals surface area (Å²) in [7, 11) is 0. The predicted molar refractivity (Wildman–Crippen MR) is 90.8 cm³/mol. The molecule has 0 unspecified atom stereocenters. The molecule has 0 bridgehead atoms. The van der Waals surface area contributed by atoms with Gasteiger partial charge in [0.2, 0.25) is 0 Å². The zero-order valence-electron chi connectivity index (χ0n) is 14.7. The maximum Gasteiger partial charge on any atom is 0.336 e. The van der Waals surface area contributed by atoms with Crippen LogP contribution in [0.25, 0.3) is 0 Å². The van der Waals surface area contributed by atoms with Crippen LogP contribution in [0.3, 0.4) is 0 Å². The molecule has 3 heteroatoms. The molecule has 2 aliphatic carbocycles. The van der Waals surface area contributed by atoms with E-state index >= 15 is 0 Å².